The first-order valence-corrected chi connectivity index (χ1v) is 9.12. The molecule has 1 atom stereocenters. The highest BCUT2D eigenvalue weighted by Gasteiger charge is 2.32. The number of benzene rings is 1. The summed E-state index contributed by atoms with van der Waals surface area (Å²) >= 11 is 0. The standard InChI is InChI=1S/C19H28N4O4/c1-22(15-7-4-3-5-8-15)11-6-9-20-17(24)14-23-12-10-21-19(26)16(23)13-18(25)27-2/h3-5,7-8,16H,6,9-14H2,1-2H3,(H,20,24)(H,21,26). The van der Waals surface area contributed by atoms with Gasteiger partial charge in [0.2, 0.25) is 11.8 Å². The average molecular weight is 376 g/mol. The molecule has 8 nitrogen and oxygen atoms in total. The molecule has 8 heteroatoms. The number of piperazine rings is 1. The Morgan fingerprint density at radius 3 is 2.78 bits per heavy atom. The number of para-hydroxylation sites is 1. The van der Waals surface area contributed by atoms with Gasteiger partial charge in [-0.1, -0.05) is 18.2 Å². The Bertz CT molecular complexity index is 638. The highest BCUT2D eigenvalue weighted by molar-refractivity contribution is 5.88. The van der Waals surface area contributed by atoms with Crippen LogP contribution in [0.4, 0.5) is 5.69 Å². The van der Waals surface area contributed by atoms with Crippen molar-refractivity contribution in [2.45, 2.75) is 18.9 Å². The zero-order valence-corrected chi connectivity index (χ0v) is 15.9. The van der Waals surface area contributed by atoms with Crippen LogP contribution in [0.3, 0.4) is 0 Å². The molecule has 0 spiro atoms. The van der Waals surface area contributed by atoms with Crippen molar-refractivity contribution in [3.8, 4) is 0 Å². The maximum absolute atomic E-state index is 12.2. The Labute approximate surface area is 159 Å². The maximum Gasteiger partial charge on any atom is 0.307 e. The van der Waals surface area contributed by atoms with Gasteiger partial charge in [0.15, 0.2) is 0 Å². The molecule has 1 aliphatic rings. The van der Waals surface area contributed by atoms with Crippen LogP contribution in [0.15, 0.2) is 30.3 Å². The minimum Gasteiger partial charge on any atom is -0.469 e. The van der Waals surface area contributed by atoms with Crippen molar-refractivity contribution in [2.75, 3.05) is 51.8 Å². The lowest BCUT2D eigenvalue weighted by atomic mass is 10.1. The average Bonchev–Trinajstić information content (AvgIpc) is 2.68. The molecule has 1 aromatic carbocycles. The topological polar surface area (TPSA) is 91.0 Å². The highest BCUT2D eigenvalue weighted by atomic mass is 16.5. The zero-order chi connectivity index (χ0) is 19.6. The quantitative estimate of drug-likeness (QED) is 0.465. The highest BCUT2D eigenvalue weighted by Crippen LogP contribution is 2.11. The van der Waals surface area contributed by atoms with Crippen molar-refractivity contribution in [1.29, 1.82) is 0 Å². The van der Waals surface area contributed by atoms with Gasteiger partial charge < -0.3 is 20.3 Å². The molecular formula is C19H28N4O4. The van der Waals surface area contributed by atoms with Crippen LogP contribution in [0.2, 0.25) is 0 Å². The number of carbonyl (C=O) groups is 3. The van der Waals surface area contributed by atoms with Gasteiger partial charge in [-0.2, -0.15) is 0 Å². The number of esters is 1. The van der Waals surface area contributed by atoms with E-state index >= 15 is 0 Å². The molecule has 0 saturated carbocycles. The van der Waals surface area contributed by atoms with Gasteiger partial charge in [-0.15, -0.1) is 0 Å². The number of hydrogen-bond donors (Lipinski definition) is 2. The van der Waals surface area contributed by atoms with E-state index in [9.17, 15) is 14.4 Å². The van der Waals surface area contributed by atoms with E-state index in [0.29, 0.717) is 19.6 Å². The van der Waals surface area contributed by atoms with Gasteiger partial charge in [-0.05, 0) is 18.6 Å². The number of amides is 2. The second kappa shape index (κ2) is 10.5. The van der Waals surface area contributed by atoms with Crippen LogP contribution in [-0.4, -0.2) is 75.6 Å². The number of methoxy groups -OCH3 is 1. The third-order valence-corrected chi connectivity index (χ3v) is 4.57. The fourth-order valence-corrected chi connectivity index (χ4v) is 3.01. The van der Waals surface area contributed by atoms with E-state index in [1.54, 1.807) is 4.90 Å². The maximum atomic E-state index is 12.2. The monoisotopic (exact) mass is 376 g/mol. The van der Waals surface area contributed by atoms with E-state index in [4.69, 9.17) is 0 Å². The number of hydrogen-bond acceptors (Lipinski definition) is 6. The summed E-state index contributed by atoms with van der Waals surface area (Å²) in [5.74, 6) is -0.864. The first kappa shape index (κ1) is 20.7. The van der Waals surface area contributed by atoms with Crippen molar-refractivity contribution in [3.05, 3.63) is 30.3 Å². The third-order valence-electron chi connectivity index (χ3n) is 4.57. The Kier molecular flexibility index (Phi) is 8.06. The first-order valence-electron chi connectivity index (χ1n) is 9.12. The largest absolute Gasteiger partial charge is 0.469 e. The van der Waals surface area contributed by atoms with Crippen molar-refractivity contribution in [3.63, 3.8) is 0 Å². The lowest BCUT2D eigenvalue weighted by Gasteiger charge is -2.33. The summed E-state index contributed by atoms with van der Waals surface area (Å²) in [6.45, 7) is 2.45. The SMILES string of the molecule is COC(=O)CC1C(=O)NCCN1CC(=O)NCCCN(C)c1ccccc1. The molecule has 1 unspecified atom stereocenters. The molecule has 1 aliphatic heterocycles. The fourth-order valence-electron chi connectivity index (χ4n) is 3.01. The van der Waals surface area contributed by atoms with Crippen molar-refractivity contribution >= 4 is 23.5 Å². The Balaban J connectivity index is 1.73. The fraction of sp³-hybridized carbons (Fsp3) is 0.526. The van der Waals surface area contributed by atoms with Gasteiger partial charge in [0.25, 0.3) is 0 Å². The molecular weight excluding hydrogens is 348 g/mol. The number of carbonyl (C=O) groups excluding carboxylic acids is 3. The third kappa shape index (κ3) is 6.56. The summed E-state index contributed by atoms with van der Waals surface area (Å²) in [4.78, 5) is 39.6. The predicted molar refractivity (Wildman–Crippen MR) is 102 cm³/mol. The van der Waals surface area contributed by atoms with Crippen LogP contribution >= 0.6 is 0 Å². The first-order chi connectivity index (χ1) is 13.0. The van der Waals surface area contributed by atoms with Crippen molar-refractivity contribution in [1.82, 2.24) is 15.5 Å². The molecule has 2 rings (SSSR count). The van der Waals surface area contributed by atoms with Crippen molar-refractivity contribution in [2.24, 2.45) is 0 Å². The molecule has 0 aliphatic carbocycles. The molecule has 1 heterocycles. The minimum atomic E-state index is -0.666. The Hall–Kier alpha value is -2.61. The summed E-state index contributed by atoms with van der Waals surface area (Å²) in [5.41, 5.74) is 1.13. The van der Waals surface area contributed by atoms with Gasteiger partial charge >= 0.3 is 5.97 Å². The minimum absolute atomic E-state index is 0.0581. The number of anilines is 1. The molecule has 2 amide bonds. The number of nitrogens with zero attached hydrogens (tertiary/aromatic N) is 2. The molecule has 0 aromatic heterocycles. The Morgan fingerprint density at radius 1 is 1.33 bits per heavy atom. The van der Waals surface area contributed by atoms with E-state index < -0.39 is 12.0 Å². The number of rotatable bonds is 9. The lowest BCUT2D eigenvalue weighted by molar-refractivity contribution is -0.146. The molecule has 2 N–H and O–H groups in total. The molecule has 27 heavy (non-hydrogen) atoms. The van der Waals surface area contributed by atoms with Crippen LogP contribution in [-0.2, 0) is 19.1 Å². The second-order valence-electron chi connectivity index (χ2n) is 6.52. The normalized spacial score (nSPS) is 17.1. The summed E-state index contributed by atoms with van der Waals surface area (Å²) in [5, 5.41) is 5.60. The molecule has 0 radical (unpaired) electrons. The summed E-state index contributed by atoms with van der Waals surface area (Å²) in [7, 11) is 3.30. The molecule has 0 bridgehead atoms. The molecule has 148 valence electrons. The smallest absolute Gasteiger partial charge is 0.307 e. The van der Waals surface area contributed by atoms with E-state index in [-0.39, 0.29) is 24.8 Å². The molecule has 1 fully saturated rings. The summed E-state index contributed by atoms with van der Waals surface area (Å²) in [6.07, 6.45) is 0.751. The van der Waals surface area contributed by atoms with Crippen LogP contribution < -0.4 is 15.5 Å². The predicted octanol–water partition coefficient (Wildman–Crippen LogP) is -0.00740. The van der Waals surface area contributed by atoms with Crippen LogP contribution in [0.25, 0.3) is 0 Å². The second-order valence-corrected chi connectivity index (χ2v) is 6.52. The number of nitrogens with one attached hydrogen (secondary N) is 2. The van der Waals surface area contributed by atoms with Gasteiger partial charge in [-0.25, -0.2) is 0 Å². The lowest BCUT2D eigenvalue weighted by Crippen LogP contribution is -2.58. The van der Waals surface area contributed by atoms with Crippen LogP contribution in [0, 0.1) is 0 Å². The van der Waals surface area contributed by atoms with Crippen LogP contribution in [0.1, 0.15) is 12.8 Å². The number of ether oxygens (including phenoxy) is 1. The van der Waals surface area contributed by atoms with E-state index in [1.165, 1.54) is 7.11 Å². The van der Waals surface area contributed by atoms with Gasteiger partial charge in [0.1, 0.15) is 6.04 Å². The molecule has 1 aromatic rings. The van der Waals surface area contributed by atoms with E-state index in [2.05, 4.69) is 20.3 Å². The molecule has 1 saturated heterocycles. The zero-order valence-electron chi connectivity index (χ0n) is 15.9. The summed E-state index contributed by atoms with van der Waals surface area (Å²) in [6, 6.07) is 9.38. The van der Waals surface area contributed by atoms with Crippen molar-refractivity contribution < 1.29 is 19.1 Å². The van der Waals surface area contributed by atoms with E-state index in [0.717, 1.165) is 18.7 Å². The van der Waals surface area contributed by atoms with Gasteiger partial charge in [0.05, 0.1) is 20.1 Å². The van der Waals surface area contributed by atoms with Crippen LogP contribution in [0.5, 0.6) is 0 Å². The van der Waals surface area contributed by atoms with Gasteiger partial charge in [0, 0.05) is 38.9 Å². The van der Waals surface area contributed by atoms with E-state index in [1.807, 2.05) is 37.4 Å². The van der Waals surface area contributed by atoms with Gasteiger partial charge in [-0.3, -0.25) is 19.3 Å². The summed E-state index contributed by atoms with van der Waals surface area (Å²) < 4.78 is 4.64. The Morgan fingerprint density at radius 2 is 2.07 bits per heavy atom.